The molecule has 2 amide bonds. The molecule has 3 aromatic carbocycles. The van der Waals surface area contributed by atoms with Crippen LogP contribution in [0.4, 0.5) is 0 Å². The molecular formula is C43H41NO7. The molecule has 3 saturated heterocycles. The Morgan fingerprint density at radius 3 is 2.10 bits per heavy atom. The molecule has 4 heterocycles. The number of ether oxygens (including phenoxy) is 5. The summed E-state index contributed by atoms with van der Waals surface area (Å²) in [6.45, 7) is 3.62. The third-order valence-corrected chi connectivity index (χ3v) is 10.1. The van der Waals surface area contributed by atoms with Crippen LogP contribution in [0.5, 0.6) is 17.2 Å². The van der Waals surface area contributed by atoms with Crippen molar-refractivity contribution in [2.75, 3.05) is 19.8 Å². The fraction of sp³-hybridized carbons (Fsp3) is 0.349. The molecule has 5 aliphatic rings. The maximum Gasteiger partial charge on any atom is 0.238 e. The van der Waals surface area contributed by atoms with E-state index in [1.54, 1.807) is 12.2 Å². The Labute approximate surface area is 298 Å². The molecule has 3 aromatic rings. The van der Waals surface area contributed by atoms with Gasteiger partial charge in [-0.1, -0.05) is 60.4 Å². The number of benzene rings is 3. The number of fused-ring (bicyclic) bond motifs is 2. The number of rotatable bonds is 7. The second kappa shape index (κ2) is 14.6. The summed E-state index contributed by atoms with van der Waals surface area (Å²) in [6.07, 6.45) is 12.4. The van der Waals surface area contributed by atoms with Crippen molar-refractivity contribution in [1.29, 1.82) is 0 Å². The molecule has 8 nitrogen and oxygen atoms in total. The molecule has 260 valence electrons. The van der Waals surface area contributed by atoms with Gasteiger partial charge in [-0.2, -0.15) is 0 Å². The quantitative estimate of drug-likeness (QED) is 0.187. The van der Waals surface area contributed by atoms with Crippen LogP contribution in [0, 0.1) is 23.7 Å². The standard InChI is InChI=1S/C43H41NO7/c1-28-36-27-33(50-39-16-5-7-25-48-39)21-22-37(36)51-41(40(28)31-11-8-12-32(26-31)49-38-15-4-6-24-47-38)30-19-17-29(18-20-30)10-9-23-44-42(45)34-13-2-3-14-35(34)43(44)46/h2-3,8,11-14,17-22,26-27,34-35,38-39,41H,4-7,15-16,23-25H2,1H3. The first kappa shape index (κ1) is 33.1. The zero-order valence-electron chi connectivity index (χ0n) is 28.7. The Kier molecular flexibility index (Phi) is 9.49. The summed E-state index contributed by atoms with van der Waals surface area (Å²) in [4.78, 5) is 26.9. The maximum absolute atomic E-state index is 12.8. The predicted octanol–water partition coefficient (Wildman–Crippen LogP) is 7.64. The van der Waals surface area contributed by atoms with Gasteiger partial charge < -0.3 is 23.7 Å². The van der Waals surface area contributed by atoms with E-state index in [9.17, 15) is 9.59 Å². The van der Waals surface area contributed by atoms with E-state index in [4.69, 9.17) is 23.7 Å². The van der Waals surface area contributed by atoms with Gasteiger partial charge in [0.25, 0.3) is 0 Å². The topological polar surface area (TPSA) is 83.5 Å². The summed E-state index contributed by atoms with van der Waals surface area (Å²) in [5, 5.41) is 0. The zero-order chi connectivity index (χ0) is 34.7. The minimum absolute atomic E-state index is 0.0611. The van der Waals surface area contributed by atoms with E-state index in [-0.39, 0.29) is 30.9 Å². The Balaban J connectivity index is 1.07. The van der Waals surface area contributed by atoms with Gasteiger partial charge in [0.15, 0.2) is 12.6 Å². The number of hydrogen-bond donors (Lipinski definition) is 0. The smallest absolute Gasteiger partial charge is 0.238 e. The Bertz CT molecular complexity index is 1920. The van der Waals surface area contributed by atoms with Gasteiger partial charge in [-0.25, -0.2) is 0 Å². The molecule has 0 N–H and O–H groups in total. The van der Waals surface area contributed by atoms with Crippen molar-refractivity contribution < 1.29 is 33.3 Å². The van der Waals surface area contributed by atoms with Crippen LogP contribution < -0.4 is 14.2 Å². The lowest BCUT2D eigenvalue weighted by Crippen LogP contribution is -2.31. The van der Waals surface area contributed by atoms with Gasteiger partial charge in [-0.05, 0) is 91.8 Å². The van der Waals surface area contributed by atoms with Crippen molar-refractivity contribution in [2.24, 2.45) is 11.8 Å². The van der Waals surface area contributed by atoms with Crippen LogP contribution in [0.25, 0.3) is 11.1 Å². The molecule has 8 rings (SSSR count). The molecule has 8 heteroatoms. The molecule has 5 unspecified atom stereocenters. The molecule has 5 atom stereocenters. The van der Waals surface area contributed by atoms with Crippen molar-refractivity contribution >= 4 is 23.0 Å². The summed E-state index contributed by atoms with van der Waals surface area (Å²) in [5.74, 6) is 7.23. The third kappa shape index (κ3) is 6.97. The highest BCUT2D eigenvalue weighted by atomic mass is 16.7. The van der Waals surface area contributed by atoms with E-state index >= 15 is 0 Å². The van der Waals surface area contributed by atoms with E-state index in [2.05, 4.69) is 30.9 Å². The molecule has 1 aliphatic carbocycles. The summed E-state index contributed by atoms with van der Waals surface area (Å²) in [7, 11) is 0. The van der Waals surface area contributed by atoms with Crippen LogP contribution in [0.15, 0.2) is 91.0 Å². The lowest BCUT2D eigenvalue weighted by molar-refractivity contribution is -0.138. The van der Waals surface area contributed by atoms with Gasteiger partial charge in [0, 0.05) is 29.5 Å². The van der Waals surface area contributed by atoms with Gasteiger partial charge in [0.2, 0.25) is 11.8 Å². The molecule has 0 aromatic heterocycles. The van der Waals surface area contributed by atoms with Crippen LogP contribution in [0.1, 0.15) is 73.8 Å². The zero-order valence-corrected chi connectivity index (χ0v) is 28.7. The number of imide groups is 1. The number of hydrogen-bond acceptors (Lipinski definition) is 7. The second-order valence-electron chi connectivity index (χ2n) is 13.6. The Hall–Kier alpha value is -5.10. The van der Waals surface area contributed by atoms with Crippen LogP contribution in [-0.2, 0) is 19.1 Å². The first-order valence-corrected chi connectivity index (χ1v) is 18.0. The SMILES string of the molecule is CC1=C(c2cccc(OC3CCCCO3)c2)C(c2ccc(C#CCN3C(=O)C4C=CC=CC4C3=O)cc2)Oc2ccc(OC3CCCCO3)cc21. The van der Waals surface area contributed by atoms with Crippen LogP contribution in [0.3, 0.4) is 0 Å². The Morgan fingerprint density at radius 1 is 0.784 bits per heavy atom. The number of carbonyl (C=O) groups is 2. The van der Waals surface area contributed by atoms with Crippen LogP contribution in [0.2, 0.25) is 0 Å². The normalized spacial score (nSPS) is 25.4. The predicted molar refractivity (Wildman–Crippen MR) is 192 cm³/mol. The highest BCUT2D eigenvalue weighted by Crippen LogP contribution is 2.48. The van der Waals surface area contributed by atoms with E-state index in [0.29, 0.717) is 13.2 Å². The van der Waals surface area contributed by atoms with Crippen molar-refractivity contribution in [2.45, 2.75) is 64.1 Å². The fourth-order valence-corrected chi connectivity index (χ4v) is 7.42. The van der Waals surface area contributed by atoms with E-state index in [0.717, 1.165) is 89.2 Å². The average molecular weight is 684 g/mol. The number of allylic oxidation sites excluding steroid dienone is 3. The minimum atomic E-state index is -0.423. The van der Waals surface area contributed by atoms with Crippen LogP contribution in [-0.4, -0.2) is 49.1 Å². The van der Waals surface area contributed by atoms with Gasteiger partial charge in [-0.3, -0.25) is 14.5 Å². The van der Waals surface area contributed by atoms with Crippen molar-refractivity contribution in [1.82, 2.24) is 4.90 Å². The number of carbonyl (C=O) groups excluding carboxylic acids is 2. The number of likely N-dealkylation sites (tertiary alicyclic amines) is 1. The summed E-state index contributed by atoms with van der Waals surface area (Å²) >= 11 is 0. The maximum atomic E-state index is 12.8. The molecule has 3 fully saturated rings. The summed E-state index contributed by atoms with van der Waals surface area (Å²) < 4.78 is 31.0. The monoisotopic (exact) mass is 683 g/mol. The van der Waals surface area contributed by atoms with Gasteiger partial charge >= 0.3 is 0 Å². The molecule has 0 saturated carbocycles. The van der Waals surface area contributed by atoms with Crippen molar-refractivity contribution in [3.05, 3.63) is 113 Å². The third-order valence-electron chi connectivity index (χ3n) is 10.1. The van der Waals surface area contributed by atoms with Gasteiger partial charge in [0.05, 0.1) is 31.6 Å². The molecule has 0 bridgehead atoms. The number of nitrogens with zero attached hydrogens (tertiary/aromatic N) is 1. The number of amides is 2. The Morgan fingerprint density at radius 2 is 1.45 bits per heavy atom. The van der Waals surface area contributed by atoms with Crippen molar-refractivity contribution in [3.8, 4) is 29.1 Å². The van der Waals surface area contributed by atoms with Gasteiger partial charge in [-0.15, -0.1) is 0 Å². The van der Waals surface area contributed by atoms with Crippen LogP contribution >= 0.6 is 0 Å². The molecule has 51 heavy (non-hydrogen) atoms. The van der Waals surface area contributed by atoms with E-state index < -0.39 is 17.9 Å². The summed E-state index contributed by atoms with van der Waals surface area (Å²) in [5.41, 5.74) is 5.81. The fourth-order valence-electron chi connectivity index (χ4n) is 7.42. The lowest BCUT2D eigenvalue weighted by Gasteiger charge is -2.32. The largest absolute Gasteiger partial charge is 0.480 e. The highest BCUT2D eigenvalue weighted by molar-refractivity contribution is 6.07. The minimum Gasteiger partial charge on any atom is -0.480 e. The molecule has 0 radical (unpaired) electrons. The van der Waals surface area contributed by atoms with E-state index in [1.165, 1.54) is 4.90 Å². The first-order chi connectivity index (χ1) is 25.0. The average Bonchev–Trinajstić information content (AvgIpc) is 3.41. The summed E-state index contributed by atoms with van der Waals surface area (Å²) in [6, 6.07) is 22.1. The lowest BCUT2D eigenvalue weighted by atomic mass is 9.86. The van der Waals surface area contributed by atoms with Gasteiger partial charge in [0.1, 0.15) is 23.4 Å². The van der Waals surface area contributed by atoms with E-state index in [1.807, 2.05) is 66.7 Å². The molecule has 4 aliphatic heterocycles. The highest BCUT2D eigenvalue weighted by Gasteiger charge is 2.45. The first-order valence-electron chi connectivity index (χ1n) is 18.0. The molecule has 0 spiro atoms. The second-order valence-corrected chi connectivity index (χ2v) is 13.6. The molecular weight excluding hydrogens is 642 g/mol. The van der Waals surface area contributed by atoms with Crippen molar-refractivity contribution in [3.63, 3.8) is 0 Å².